The molecule has 6 heteroatoms. The Labute approximate surface area is 97.4 Å². The van der Waals surface area contributed by atoms with Gasteiger partial charge in [-0.25, -0.2) is 10.1 Å². The van der Waals surface area contributed by atoms with Gasteiger partial charge in [0, 0.05) is 23.5 Å². The molecule has 1 aromatic heterocycles. The molecule has 90 valence electrons. The summed E-state index contributed by atoms with van der Waals surface area (Å²) in [5.41, 5.74) is 4.03. The van der Waals surface area contributed by atoms with Crippen LogP contribution in [0.15, 0.2) is 30.5 Å². The summed E-state index contributed by atoms with van der Waals surface area (Å²) in [4.78, 5) is 13.4. The number of nitrogens with one attached hydrogen (secondary N) is 2. The Bertz CT molecular complexity index is 523. The van der Waals surface area contributed by atoms with Crippen molar-refractivity contribution >= 4 is 10.9 Å². The maximum Gasteiger partial charge on any atom is 0.157 e. The zero-order chi connectivity index (χ0) is 12.3. The van der Waals surface area contributed by atoms with E-state index in [9.17, 15) is 10.1 Å². The summed E-state index contributed by atoms with van der Waals surface area (Å²) in [6.45, 7) is -0.277. The molecule has 2 rings (SSSR count). The van der Waals surface area contributed by atoms with Crippen LogP contribution in [0.25, 0.3) is 10.9 Å². The van der Waals surface area contributed by atoms with E-state index in [1.807, 2.05) is 30.5 Å². The van der Waals surface area contributed by atoms with Gasteiger partial charge >= 0.3 is 0 Å². The number of aliphatic hydroxyl groups excluding tert-OH is 1. The highest BCUT2D eigenvalue weighted by atomic mass is 16.7. The number of nitro groups is 1. The molecule has 0 fully saturated rings. The largest absolute Gasteiger partial charge is 0.394 e. The van der Waals surface area contributed by atoms with E-state index in [2.05, 4.69) is 10.4 Å². The summed E-state index contributed by atoms with van der Waals surface area (Å²) in [7, 11) is 0. The lowest BCUT2D eigenvalue weighted by Gasteiger charge is -2.09. The predicted octanol–water partition coefficient (Wildman–Crippen LogP) is 0.853. The second-order valence-electron chi connectivity index (χ2n) is 3.83. The lowest BCUT2D eigenvalue weighted by molar-refractivity contribution is -0.551. The van der Waals surface area contributed by atoms with Crippen molar-refractivity contribution in [2.75, 3.05) is 6.61 Å². The molecule has 1 aromatic carbocycles. The van der Waals surface area contributed by atoms with Gasteiger partial charge in [0.25, 0.3) is 0 Å². The number of aromatic nitrogens is 1. The number of para-hydroxylation sites is 1. The molecule has 0 aliphatic carbocycles. The molecule has 0 saturated carbocycles. The van der Waals surface area contributed by atoms with Gasteiger partial charge in [-0.3, -0.25) is 0 Å². The fourth-order valence-electron chi connectivity index (χ4n) is 1.87. The summed E-state index contributed by atoms with van der Waals surface area (Å²) in [5, 5.41) is 19.8. The molecule has 0 aliphatic heterocycles. The van der Waals surface area contributed by atoms with Gasteiger partial charge in [0.05, 0.1) is 6.61 Å². The number of H-pyrrole nitrogens is 1. The first-order valence-corrected chi connectivity index (χ1v) is 5.27. The van der Waals surface area contributed by atoms with Crippen molar-refractivity contribution in [3.8, 4) is 0 Å². The first-order chi connectivity index (χ1) is 8.20. The van der Waals surface area contributed by atoms with E-state index < -0.39 is 11.1 Å². The molecule has 1 atom stereocenters. The highest BCUT2D eigenvalue weighted by Gasteiger charge is 2.15. The van der Waals surface area contributed by atoms with Crippen LogP contribution in [0.3, 0.4) is 0 Å². The molecule has 0 radical (unpaired) electrons. The predicted molar refractivity (Wildman–Crippen MR) is 63.0 cm³/mol. The van der Waals surface area contributed by atoms with Crippen molar-refractivity contribution in [3.63, 3.8) is 0 Å². The molecule has 0 amide bonds. The van der Waals surface area contributed by atoms with Crippen LogP contribution in [0.4, 0.5) is 0 Å². The van der Waals surface area contributed by atoms with Crippen LogP contribution in [-0.4, -0.2) is 27.8 Å². The zero-order valence-electron chi connectivity index (χ0n) is 9.09. The molecule has 2 aromatic rings. The van der Waals surface area contributed by atoms with Crippen LogP contribution >= 0.6 is 0 Å². The summed E-state index contributed by atoms with van der Waals surface area (Å²) >= 11 is 0. The maximum absolute atomic E-state index is 10.3. The molecule has 0 spiro atoms. The minimum absolute atomic E-state index is 0.277. The smallest absolute Gasteiger partial charge is 0.157 e. The number of hydrogen-bond donors (Lipinski definition) is 3. The van der Waals surface area contributed by atoms with E-state index in [0.717, 1.165) is 16.5 Å². The number of aliphatic hydroxyl groups is 1. The third kappa shape index (κ3) is 2.54. The van der Waals surface area contributed by atoms with Gasteiger partial charge in [0.15, 0.2) is 5.03 Å². The Kier molecular flexibility index (Phi) is 3.24. The van der Waals surface area contributed by atoms with Gasteiger partial charge in [0.2, 0.25) is 0 Å². The monoisotopic (exact) mass is 235 g/mol. The van der Waals surface area contributed by atoms with Crippen LogP contribution in [0.5, 0.6) is 0 Å². The SMILES string of the molecule is O=[N+]([O-])NC(CO)Cc1c[nH]c2ccccc12. The average Bonchev–Trinajstić information content (AvgIpc) is 2.71. The van der Waals surface area contributed by atoms with Crippen LogP contribution in [0.1, 0.15) is 5.56 Å². The van der Waals surface area contributed by atoms with Gasteiger partial charge in [-0.15, -0.1) is 5.43 Å². The first-order valence-electron chi connectivity index (χ1n) is 5.27. The van der Waals surface area contributed by atoms with Gasteiger partial charge in [0.1, 0.15) is 6.04 Å². The Hall–Kier alpha value is -2.08. The molecular weight excluding hydrogens is 222 g/mol. The Balaban J connectivity index is 2.19. The minimum atomic E-state index is -0.629. The lowest BCUT2D eigenvalue weighted by Crippen LogP contribution is -2.38. The van der Waals surface area contributed by atoms with Crippen molar-refractivity contribution in [2.24, 2.45) is 0 Å². The van der Waals surface area contributed by atoms with Gasteiger partial charge < -0.3 is 10.1 Å². The van der Waals surface area contributed by atoms with E-state index >= 15 is 0 Å². The number of benzene rings is 1. The maximum atomic E-state index is 10.3. The third-order valence-electron chi connectivity index (χ3n) is 2.65. The van der Waals surface area contributed by atoms with Crippen molar-refractivity contribution in [1.82, 2.24) is 10.4 Å². The van der Waals surface area contributed by atoms with E-state index in [4.69, 9.17) is 5.11 Å². The second kappa shape index (κ2) is 4.84. The van der Waals surface area contributed by atoms with Crippen molar-refractivity contribution in [2.45, 2.75) is 12.5 Å². The molecule has 1 unspecified atom stereocenters. The molecule has 1 heterocycles. The molecule has 0 bridgehead atoms. The molecule has 0 aliphatic rings. The molecule has 17 heavy (non-hydrogen) atoms. The van der Waals surface area contributed by atoms with Crippen LogP contribution in [-0.2, 0) is 6.42 Å². The first kappa shape index (κ1) is 11.4. The second-order valence-corrected chi connectivity index (χ2v) is 3.83. The van der Waals surface area contributed by atoms with Crippen LogP contribution in [0.2, 0.25) is 0 Å². The normalized spacial score (nSPS) is 12.5. The van der Waals surface area contributed by atoms with Crippen molar-refractivity contribution in [3.05, 3.63) is 46.1 Å². The Morgan fingerprint density at radius 1 is 1.47 bits per heavy atom. The fourth-order valence-corrected chi connectivity index (χ4v) is 1.87. The highest BCUT2D eigenvalue weighted by molar-refractivity contribution is 5.83. The summed E-state index contributed by atoms with van der Waals surface area (Å²) < 4.78 is 0. The van der Waals surface area contributed by atoms with Crippen LogP contribution < -0.4 is 5.43 Å². The summed E-state index contributed by atoms with van der Waals surface area (Å²) in [6.07, 6.45) is 2.22. The average molecular weight is 235 g/mol. The van der Waals surface area contributed by atoms with Crippen molar-refractivity contribution in [1.29, 1.82) is 0 Å². The topological polar surface area (TPSA) is 91.2 Å². The Morgan fingerprint density at radius 3 is 2.94 bits per heavy atom. The van der Waals surface area contributed by atoms with E-state index in [0.29, 0.717) is 6.42 Å². The number of fused-ring (bicyclic) bond motifs is 1. The number of hydrazine groups is 1. The molecule has 0 saturated heterocycles. The minimum Gasteiger partial charge on any atom is -0.394 e. The number of aromatic amines is 1. The number of rotatable bonds is 5. The quantitative estimate of drug-likeness (QED) is 0.529. The highest BCUT2D eigenvalue weighted by Crippen LogP contribution is 2.18. The summed E-state index contributed by atoms with van der Waals surface area (Å²) in [6, 6.07) is 7.13. The summed E-state index contributed by atoms with van der Waals surface area (Å²) in [5.74, 6) is 0. The van der Waals surface area contributed by atoms with E-state index in [-0.39, 0.29) is 6.61 Å². The zero-order valence-corrected chi connectivity index (χ0v) is 9.09. The number of hydrogen-bond acceptors (Lipinski definition) is 3. The third-order valence-corrected chi connectivity index (χ3v) is 2.65. The van der Waals surface area contributed by atoms with Gasteiger partial charge in [-0.05, 0) is 11.6 Å². The van der Waals surface area contributed by atoms with E-state index in [1.54, 1.807) is 0 Å². The molecule has 6 nitrogen and oxygen atoms in total. The van der Waals surface area contributed by atoms with E-state index in [1.165, 1.54) is 0 Å². The van der Waals surface area contributed by atoms with Gasteiger partial charge in [-0.1, -0.05) is 18.2 Å². The van der Waals surface area contributed by atoms with Gasteiger partial charge in [-0.2, -0.15) is 0 Å². The molecule has 3 N–H and O–H groups in total. The molecular formula is C11H13N3O3. The number of nitrogens with zero attached hydrogens (tertiary/aromatic N) is 1. The standard InChI is InChI=1S/C11H13N3O3/c15-7-9(13-14(16)17)5-8-6-12-11-4-2-1-3-10(8)11/h1-4,6,9,12-13,15H,5,7H2. The Morgan fingerprint density at radius 2 is 2.24 bits per heavy atom. The van der Waals surface area contributed by atoms with Crippen LogP contribution in [0, 0.1) is 10.1 Å². The fraction of sp³-hybridized carbons (Fsp3) is 0.273. The lowest BCUT2D eigenvalue weighted by atomic mass is 10.1. The van der Waals surface area contributed by atoms with Crippen molar-refractivity contribution < 1.29 is 10.1 Å².